The molecular formula is C10H15BrN4O2S. The minimum absolute atomic E-state index is 0.430. The van der Waals surface area contributed by atoms with Gasteiger partial charge in [0.05, 0.1) is 11.5 Å². The molecule has 0 aromatic carbocycles. The predicted molar refractivity (Wildman–Crippen MR) is 74.7 cm³/mol. The van der Waals surface area contributed by atoms with Gasteiger partial charge in [0.1, 0.15) is 0 Å². The number of thiazole rings is 1. The Labute approximate surface area is 118 Å². The van der Waals surface area contributed by atoms with E-state index in [1.165, 1.54) is 11.3 Å². The third kappa shape index (κ3) is 4.26. The van der Waals surface area contributed by atoms with Crippen LogP contribution in [0, 0.1) is 10.1 Å². The number of halogens is 1. The molecule has 0 fully saturated rings. The van der Waals surface area contributed by atoms with Crippen molar-refractivity contribution < 1.29 is 4.92 Å². The second-order valence-electron chi connectivity index (χ2n) is 3.76. The lowest BCUT2D eigenvalue weighted by Gasteiger charge is -2.28. The summed E-state index contributed by atoms with van der Waals surface area (Å²) in [7, 11) is 3.58. The molecule has 1 rings (SSSR count). The van der Waals surface area contributed by atoms with Crippen LogP contribution >= 0.6 is 27.3 Å². The molecule has 0 atom stereocenters. The van der Waals surface area contributed by atoms with Crippen LogP contribution in [0.15, 0.2) is 22.1 Å². The Balaban J connectivity index is 2.89. The van der Waals surface area contributed by atoms with Gasteiger partial charge in [0.25, 0.3) is 6.20 Å². The van der Waals surface area contributed by atoms with Gasteiger partial charge in [-0.05, 0) is 22.9 Å². The van der Waals surface area contributed by atoms with Crippen LogP contribution in [0.5, 0.6) is 0 Å². The molecule has 100 valence electrons. The van der Waals surface area contributed by atoms with Crippen LogP contribution < -0.4 is 0 Å². The number of hydrogen-bond donors (Lipinski definition) is 0. The Morgan fingerprint density at radius 2 is 2.33 bits per heavy atom. The topological polar surface area (TPSA) is 62.5 Å². The summed E-state index contributed by atoms with van der Waals surface area (Å²) in [5.74, 6) is 0.576. The average molecular weight is 335 g/mol. The average Bonchev–Trinajstić information content (AvgIpc) is 2.68. The van der Waals surface area contributed by atoms with Crippen LogP contribution in [0.2, 0.25) is 0 Å². The van der Waals surface area contributed by atoms with E-state index in [1.54, 1.807) is 25.2 Å². The Kier molecular flexibility index (Phi) is 5.54. The predicted octanol–water partition coefficient (Wildman–Crippen LogP) is 2.36. The van der Waals surface area contributed by atoms with Crippen molar-refractivity contribution in [2.24, 2.45) is 0 Å². The van der Waals surface area contributed by atoms with Crippen molar-refractivity contribution in [3.8, 4) is 0 Å². The molecule has 1 aromatic heterocycles. The molecule has 1 aromatic rings. The Bertz CT molecular complexity index is 447. The summed E-state index contributed by atoms with van der Waals surface area (Å²) in [6.45, 7) is 3.26. The Hall–Kier alpha value is -1.15. The fraction of sp³-hybridized carbons (Fsp3) is 0.500. The second kappa shape index (κ2) is 6.69. The van der Waals surface area contributed by atoms with Crippen LogP contribution in [-0.4, -0.2) is 40.3 Å². The number of nitro groups is 1. The van der Waals surface area contributed by atoms with Gasteiger partial charge < -0.3 is 9.80 Å². The van der Waals surface area contributed by atoms with Gasteiger partial charge in [0.2, 0.25) is 0 Å². The Morgan fingerprint density at radius 3 is 2.72 bits per heavy atom. The highest BCUT2D eigenvalue weighted by molar-refractivity contribution is 9.11. The molecule has 18 heavy (non-hydrogen) atoms. The first-order chi connectivity index (χ1) is 8.43. The molecule has 0 saturated carbocycles. The highest BCUT2D eigenvalue weighted by Gasteiger charge is 2.15. The van der Waals surface area contributed by atoms with E-state index >= 15 is 0 Å². The molecule has 0 saturated heterocycles. The highest BCUT2D eigenvalue weighted by Crippen LogP contribution is 2.21. The van der Waals surface area contributed by atoms with Crippen molar-refractivity contribution in [3.05, 3.63) is 37.1 Å². The molecule has 0 bridgehead atoms. The largest absolute Gasteiger partial charge is 0.359 e. The highest BCUT2D eigenvalue weighted by atomic mass is 79.9. The molecule has 0 unspecified atom stereocenters. The van der Waals surface area contributed by atoms with E-state index in [2.05, 4.69) is 20.9 Å². The molecule has 6 nitrogen and oxygen atoms in total. The summed E-state index contributed by atoms with van der Waals surface area (Å²) >= 11 is 4.83. The molecule has 1 heterocycles. The maximum Gasteiger partial charge on any atom is 0.274 e. The van der Waals surface area contributed by atoms with Crippen LogP contribution in [0.4, 0.5) is 0 Å². The molecular weight excluding hydrogens is 320 g/mol. The lowest BCUT2D eigenvalue weighted by atomic mass is 10.4. The number of aromatic nitrogens is 1. The SMILES string of the molecule is CCN(Cc1cnc(Br)s1)C(=C[N+](=O)[O-])N(C)C. The molecule has 0 radical (unpaired) electrons. The Morgan fingerprint density at radius 1 is 1.67 bits per heavy atom. The summed E-state index contributed by atoms with van der Waals surface area (Å²) in [6.07, 6.45) is 2.80. The molecule has 0 aliphatic heterocycles. The standard InChI is InChI=1S/C10H15BrN4O2S/c1-4-14(6-8-5-12-10(11)18-8)9(13(2)3)7-15(16)17/h5,7H,4,6H2,1-3H3. The van der Waals surface area contributed by atoms with Crippen molar-refractivity contribution in [2.45, 2.75) is 13.5 Å². The first-order valence-corrected chi connectivity index (χ1v) is 6.92. The fourth-order valence-electron chi connectivity index (χ4n) is 1.47. The van der Waals surface area contributed by atoms with E-state index in [-0.39, 0.29) is 0 Å². The van der Waals surface area contributed by atoms with Gasteiger partial charge >= 0.3 is 0 Å². The van der Waals surface area contributed by atoms with Crippen LogP contribution in [0.25, 0.3) is 0 Å². The van der Waals surface area contributed by atoms with E-state index in [0.29, 0.717) is 18.9 Å². The molecule has 0 aliphatic rings. The number of nitrogens with zero attached hydrogens (tertiary/aromatic N) is 4. The number of hydrogen-bond acceptors (Lipinski definition) is 6. The third-order valence-corrected chi connectivity index (χ3v) is 3.72. The summed E-state index contributed by atoms with van der Waals surface area (Å²) in [4.78, 5) is 19.1. The van der Waals surface area contributed by atoms with Gasteiger partial charge in [0, 0.05) is 31.7 Å². The van der Waals surface area contributed by atoms with E-state index in [9.17, 15) is 10.1 Å². The lowest BCUT2D eigenvalue weighted by Crippen LogP contribution is -2.31. The van der Waals surface area contributed by atoms with Crippen molar-refractivity contribution >= 4 is 27.3 Å². The van der Waals surface area contributed by atoms with Crippen molar-refractivity contribution in [1.29, 1.82) is 0 Å². The molecule has 0 spiro atoms. The monoisotopic (exact) mass is 334 g/mol. The summed E-state index contributed by atoms with van der Waals surface area (Å²) < 4.78 is 0.818. The number of rotatable bonds is 6. The van der Waals surface area contributed by atoms with Crippen molar-refractivity contribution in [3.63, 3.8) is 0 Å². The zero-order chi connectivity index (χ0) is 13.7. The zero-order valence-corrected chi connectivity index (χ0v) is 12.9. The summed E-state index contributed by atoms with van der Waals surface area (Å²) in [5, 5.41) is 10.6. The van der Waals surface area contributed by atoms with Crippen LogP contribution in [-0.2, 0) is 6.54 Å². The fourth-order valence-corrected chi connectivity index (χ4v) is 2.85. The van der Waals surface area contributed by atoms with Crippen LogP contribution in [0.1, 0.15) is 11.8 Å². The molecule has 0 amide bonds. The lowest BCUT2D eigenvalue weighted by molar-refractivity contribution is -0.405. The minimum atomic E-state index is -0.430. The van der Waals surface area contributed by atoms with Gasteiger partial charge in [0.15, 0.2) is 9.74 Å². The first kappa shape index (κ1) is 14.9. The van der Waals surface area contributed by atoms with Crippen molar-refractivity contribution in [1.82, 2.24) is 14.8 Å². The van der Waals surface area contributed by atoms with E-state index in [4.69, 9.17) is 0 Å². The van der Waals surface area contributed by atoms with E-state index in [0.717, 1.165) is 15.0 Å². The molecule has 0 aliphatic carbocycles. The maximum atomic E-state index is 10.6. The van der Waals surface area contributed by atoms with Gasteiger partial charge in [-0.2, -0.15) is 0 Å². The zero-order valence-electron chi connectivity index (χ0n) is 10.5. The first-order valence-electron chi connectivity index (χ1n) is 5.31. The normalized spacial score (nSPS) is 11.4. The maximum absolute atomic E-state index is 10.6. The smallest absolute Gasteiger partial charge is 0.274 e. The van der Waals surface area contributed by atoms with Gasteiger partial charge in [-0.1, -0.05) is 0 Å². The summed E-state index contributed by atoms with van der Waals surface area (Å²) in [6, 6.07) is 0. The second-order valence-corrected chi connectivity index (χ2v) is 6.15. The molecule has 0 N–H and O–H groups in total. The van der Waals surface area contributed by atoms with Crippen LogP contribution in [0.3, 0.4) is 0 Å². The molecule has 8 heteroatoms. The van der Waals surface area contributed by atoms with Gasteiger partial charge in [-0.15, -0.1) is 11.3 Å². The minimum Gasteiger partial charge on any atom is -0.359 e. The third-order valence-electron chi connectivity index (χ3n) is 2.26. The van der Waals surface area contributed by atoms with Gasteiger partial charge in [-0.3, -0.25) is 10.1 Å². The quantitative estimate of drug-likeness (QED) is 0.590. The van der Waals surface area contributed by atoms with E-state index < -0.39 is 4.92 Å². The van der Waals surface area contributed by atoms with Gasteiger partial charge in [-0.25, -0.2) is 4.98 Å². The van der Waals surface area contributed by atoms with E-state index in [1.807, 2.05) is 11.8 Å². The van der Waals surface area contributed by atoms with Crippen molar-refractivity contribution in [2.75, 3.05) is 20.6 Å². The summed E-state index contributed by atoms with van der Waals surface area (Å²) in [5.41, 5.74) is 0.